The Hall–Kier alpha value is -0.610. The molecule has 0 aliphatic heterocycles. The molecule has 1 saturated carbocycles. The van der Waals surface area contributed by atoms with Gasteiger partial charge in [-0.05, 0) is 46.5 Å². The Balaban J connectivity index is 2.45. The summed E-state index contributed by atoms with van der Waals surface area (Å²) in [4.78, 5) is 0. The van der Waals surface area contributed by atoms with Crippen molar-refractivity contribution in [2.24, 2.45) is 5.73 Å². The maximum atomic E-state index is 13.2. The summed E-state index contributed by atoms with van der Waals surface area (Å²) < 4.78 is 13.5. The Bertz CT molecular complexity index is 365. The van der Waals surface area contributed by atoms with E-state index in [4.69, 9.17) is 5.73 Å². The first-order chi connectivity index (χ1) is 7.03. The number of benzene rings is 1. The molecule has 0 aromatic heterocycles. The molecule has 0 spiro atoms. The molecular formula is C11H13BrFNO. The molecule has 1 fully saturated rings. The van der Waals surface area contributed by atoms with Gasteiger partial charge in [-0.2, -0.15) is 0 Å². The van der Waals surface area contributed by atoms with Gasteiger partial charge in [0.1, 0.15) is 0 Å². The Kier molecular flexibility index (Phi) is 2.73. The minimum atomic E-state index is -0.625. The number of phenols is 1. The second-order valence-electron chi connectivity index (χ2n) is 4.15. The van der Waals surface area contributed by atoms with E-state index in [1.807, 2.05) is 0 Å². The lowest BCUT2D eigenvalue weighted by Crippen LogP contribution is -2.33. The van der Waals surface area contributed by atoms with E-state index in [0.29, 0.717) is 0 Å². The van der Waals surface area contributed by atoms with Gasteiger partial charge in [-0.25, -0.2) is 4.39 Å². The first kappa shape index (κ1) is 10.9. The van der Waals surface area contributed by atoms with E-state index in [0.717, 1.165) is 31.2 Å². The third-order valence-electron chi connectivity index (χ3n) is 3.08. The van der Waals surface area contributed by atoms with E-state index in [-0.39, 0.29) is 10.2 Å². The number of hydrogen-bond acceptors (Lipinski definition) is 2. The van der Waals surface area contributed by atoms with Crippen LogP contribution in [0.1, 0.15) is 31.2 Å². The predicted octanol–water partition coefficient (Wildman–Crippen LogP) is 3.02. The topological polar surface area (TPSA) is 46.2 Å². The third kappa shape index (κ3) is 1.88. The molecule has 1 aromatic rings. The molecular weight excluding hydrogens is 261 g/mol. The second kappa shape index (κ2) is 3.76. The fourth-order valence-electron chi connectivity index (χ4n) is 2.16. The number of hydrogen-bond donors (Lipinski definition) is 2. The highest BCUT2D eigenvalue weighted by molar-refractivity contribution is 9.10. The molecule has 3 N–H and O–H groups in total. The quantitative estimate of drug-likeness (QED) is 0.826. The zero-order chi connectivity index (χ0) is 11.1. The molecule has 1 aliphatic rings. The maximum absolute atomic E-state index is 13.2. The molecule has 0 saturated heterocycles. The van der Waals surface area contributed by atoms with Crippen LogP contribution in [0.2, 0.25) is 0 Å². The lowest BCUT2D eigenvalue weighted by Gasteiger charge is -2.24. The molecule has 15 heavy (non-hydrogen) atoms. The standard InChI is InChI=1S/C11H13BrFNO/c12-8-5-7(6-9(15)10(8)13)11(14)3-1-2-4-11/h5-6,15H,1-4,14H2. The van der Waals surface area contributed by atoms with Crippen LogP contribution >= 0.6 is 15.9 Å². The summed E-state index contributed by atoms with van der Waals surface area (Å²) in [6, 6.07) is 3.10. The zero-order valence-corrected chi connectivity index (χ0v) is 9.85. The van der Waals surface area contributed by atoms with Crippen molar-refractivity contribution in [3.8, 4) is 5.75 Å². The van der Waals surface area contributed by atoms with E-state index in [1.165, 1.54) is 6.07 Å². The predicted molar refractivity (Wildman–Crippen MR) is 60.1 cm³/mol. The van der Waals surface area contributed by atoms with Gasteiger partial charge in [-0.15, -0.1) is 0 Å². The van der Waals surface area contributed by atoms with Gasteiger partial charge in [0.25, 0.3) is 0 Å². The van der Waals surface area contributed by atoms with Gasteiger partial charge in [0.15, 0.2) is 11.6 Å². The van der Waals surface area contributed by atoms with Crippen molar-refractivity contribution in [1.82, 2.24) is 0 Å². The van der Waals surface area contributed by atoms with Crippen molar-refractivity contribution in [3.05, 3.63) is 28.0 Å². The van der Waals surface area contributed by atoms with Crippen molar-refractivity contribution in [2.75, 3.05) is 0 Å². The molecule has 2 rings (SSSR count). The first-order valence-electron chi connectivity index (χ1n) is 5.00. The average molecular weight is 274 g/mol. The molecule has 2 nitrogen and oxygen atoms in total. The second-order valence-corrected chi connectivity index (χ2v) is 5.01. The fourth-order valence-corrected chi connectivity index (χ4v) is 2.61. The Labute approximate surface area is 96.4 Å². The number of rotatable bonds is 1. The van der Waals surface area contributed by atoms with E-state index in [2.05, 4.69) is 15.9 Å². The largest absolute Gasteiger partial charge is 0.505 e. The molecule has 0 radical (unpaired) electrons. The highest BCUT2D eigenvalue weighted by Gasteiger charge is 2.32. The van der Waals surface area contributed by atoms with Gasteiger partial charge >= 0.3 is 0 Å². The summed E-state index contributed by atoms with van der Waals surface area (Å²) >= 11 is 3.08. The zero-order valence-electron chi connectivity index (χ0n) is 8.26. The van der Waals surface area contributed by atoms with Crippen LogP contribution in [0.3, 0.4) is 0 Å². The summed E-state index contributed by atoms with van der Waals surface area (Å²) in [6.07, 6.45) is 3.97. The highest BCUT2D eigenvalue weighted by atomic mass is 79.9. The van der Waals surface area contributed by atoms with Crippen LogP contribution < -0.4 is 5.73 Å². The normalized spacial score (nSPS) is 19.4. The molecule has 4 heteroatoms. The van der Waals surface area contributed by atoms with Crippen molar-refractivity contribution >= 4 is 15.9 Å². The van der Waals surface area contributed by atoms with Crippen molar-refractivity contribution in [2.45, 2.75) is 31.2 Å². The molecule has 0 bridgehead atoms. The van der Waals surface area contributed by atoms with Gasteiger partial charge in [-0.1, -0.05) is 12.8 Å². The van der Waals surface area contributed by atoms with Crippen LogP contribution in [-0.4, -0.2) is 5.11 Å². The number of phenolic OH excluding ortho intramolecular Hbond substituents is 1. The molecule has 82 valence electrons. The molecule has 0 heterocycles. The summed E-state index contributed by atoms with van der Waals surface area (Å²) in [5.74, 6) is -0.962. The van der Waals surface area contributed by atoms with Crippen LogP contribution in [-0.2, 0) is 5.54 Å². The average Bonchev–Trinajstić information content (AvgIpc) is 2.62. The van der Waals surface area contributed by atoms with Crippen LogP contribution in [0.25, 0.3) is 0 Å². The lowest BCUT2D eigenvalue weighted by atomic mass is 9.89. The molecule has 0 amide bonds. The Morgan fingerprint density at radius 3 is 2.47 bits per heavy atom. The van der Waals surface area contributed by atoms with Crippen molar-refractivity contribution < 1.29 is 9.50 Å². The van der Waals surface area contributed by atoms with Crippen molar-refractivity contribution in [1.29, 1.82) is 0 Å². The van der Waals surface area contributed by atoms with Gasteiger partial charge < -0.3 is 10.8 Å². The number of nitrogens with two attached hydrogens (primary N) is 1. The summed E-state index contributed by atoms with van der Waals surface area (Å²) in [5, 5.41) is 9.40. The number of aromatic hydroxyl groups is 1. The smallest absolute Gasteiger partial charge is 0.178 e. The van der Waals surface area contributed by atoms with Crippen LogP contribution in [0.4, 0.5) is 4.39 Å². The van der Waals surface area contributed by atoms with E-state index < -0.39 is 11.4 Å². The van der Waals surface area contributed by atoms with E-state index in [9.17, 15) is 9.50 Å². The van der Waals surface area contributed by atoms with Gasteiger partial charge in [0.2, 0.25) is 0 Å². The first-order valence-corrected chi connectivity index (χ1v) is 5.80. The molecule has 0 atom stereocenters. The van der Waals surface area contributed by atoms with Gasteiger partial charge in [0.05, 0.1) is 4.47 Å². The maximum Gasteiger partial charge on any atom is 0.178 e. The van der Waals surface area contributed by atoms with E-state index >= 15 is 0 Å². The fraction of sp³-hybridized carbons (Fsp3) is 0.455. The molecule has 1 aromatic carbocycles. The highest BCUT2D eigenvalue weighted by Crippen LogP contribution is 2.39. The Morgan fingerprint density at radius 1 is 1.33 bits per heavy atom. The third-order valence-corrected chi connectivity index (χ3v) is 3.66. The molecule has 1 aliphatic carbocycles. The van der Waals surface area contributed by atoms with Crippen LogP contribution in [0.15, 0.2) is 16.6 Å². The van der Waals surface area contributed by atoms with Crippen molar-refractivity contribution in [3.63, 3.8) is 0 Å². The minimum Gasteiger partial charge on any atom is -0.505 e. The number of halogens is 2. The van der Waals surface area contributed by atoms with E-state index in [1.54, 1.807) is 6.07 Å². The Morgan fingerprint density at radius 2 is 1.93 bits per heavy atom. The lowest BCUT2D eigenvalue weighted by molar-refractivity contribution is 0.418. The summed E-state index contributed by atoms with van der Waals surface area (Å²) in [6.45, 7) is 0. The summed E-state index contributed by atoms with van der Waals surface area (Å²) in [7, 11) is 0. The minimum absolute atomic E-state index is 0.272. The van der Waals surface area contributed by atoms with Crippen LogP contribution in [0.5, 0.6) is 5.75 Å². The van der Waals surface area contributed by atoms with Crippen LogP contribution in [0, 0.1) is 5.82 Å². The summed E-state index contributed by atoms with van der Waals surface area (Å²) in [5.41, 5.74) is 6.63. The van der Waals surface area contributed by atoms with Gasteiger partial charge in [0, 0.05) is 5.54 Å². The SMILES string of the molecule is NC1(c2cc(O)c(F)c(Br)c2)CCCC1. The molecule has 0 unspecified atom stereocenters. The monoisotopic (exact) mass is 273 g/mol. The van der Waals surface area contributed by atoms with Gasteiger partial charge in [-0.3, -0.25) is 0 Å².